The van der Waals surface area contributed by atoms with Gasteiger partial charge in [-0.2, -0.15) is 0 Å². The molecule has 1 aliphatic rings. The topological polar surface area (TPSA) is 3.24 Å². The van der Waals surface area contributed by atoms with Crippen LogP contribution in [0.3, 0.4) is 0 Å². The number of anilines is 3. The first kappa shape index (κ1) is 27.4. The summed E-state index contributed by atoms with van der Waals surface area (Å²) in [6.07, 6.45) is 0. The summed E-state index contributed by atoms with van der Waals surface area (Å²) in [5, 5.41) is 5.11. The van der Waals surface area contributed by atoms with Crippen LogP contribution < -0.4 is 4.90 Å². The summed E-state index contributed by atoms with van der Waals surface area (Å²) >= 11 is 0. The monoisotopic (exact) mass is 579 g/mol. The standard InChI is InChI=1S/C44H37N/c1-28-9-8-11-37(21-28)45(43-12-7-6-10-29(43)2)38-20-17-33-25-40-41-26-34-22-31(30-15-18-36(19-16-30)44(3,4)5)13-14-32(34)24-39(41)42(40)27-35(33)23-38/h6-27H,1-5H3. The second-order valence-electron chi connectivity index (χ2n) is 13.7. The molecule has 45 heavy (non-hydrogen) atoms. The molecule has 0 amide bonds. The lowest BCUT2D eigenvalue weighted by molar-refractivity contribution is 0.590. The van der Waals surface area contributed by atoms with E-state index in [-0.39, 0.29) is 5.41 Å². The van der Waals surface area contributed by atoms with Crippen LogP contribution in [0.15, 0.2) is 133 Å². The van der Waals surface area contributed by atoms with Crippen molar-refractivity contribution in [3.8, 4) is 33.4 Å². The minimum atomic E-state index is 0.157. The second-order valence-corrected chi connectivity index (χ2v) is 13.7. The molecule has 218 valence electrons. The van der Waals surface area contributed by atoms with Gasteiger partial charge in [-0.05, 0) is 152 Å². The molecule has 1 heteroatoms. The fourth-order valence-corrected chi connectivity index (χ4v) is 6.90. The molecule has 0 aliphatic heterocycles. The Kier molecular flexibility index (Phi) is 6.22. The van der Waals surface area contributed by atoms with E-state index in [0.717, 1.165) is 0 Å². The van der Waals surface area contributed by atoms with E-state index >= 15 is 0 Å². The lowest BCUT2D eigenvalue weighted by Crippen LogP contribution is -2.11. The van der Waals surface area contributed by atoms with Crippen LogP contribution >= 0.6 is 0 Å². The molecule has 0 saturated carbocycles. The molecule has 0 bridgehead atoms. The summed E-state index contributed by atoms with van der Waals surface area (Å²) in [5.41, 5.74) is 15.5. The summed E-state index contributed by atoms with van der Waals surface area (Å²) in [5.74, 6) is 0. The fourth-order valence-electron chi connectivity index (χ4n) is 6.90. The molecule has 7 aromatic rings. The molecule has 1 nitrogen and oxygen atoms in total. The van der Waals surface area contributed by atoms with Gasteiger partial charge in [0, 0.05) is 17.1 Å². The first-order valence-electron chi connectivity index (χ1n) is 15.9. The Morgan fingerprint density at radius 3 is 1.67 bits per heavy atom. The predicted molar refractivity (Wildman–Crippen MR) is 194 cm³/mol. The van der Waals surface area contributed by atoms with Crippen LogP contribution in [-0.2, 0) is 5.41 Å². The van der Waals surface area contributed by atoms with Crippen molar-refractivity contribution in [3.63, 3.8) is 0 Å². The second kappa shape index (κ2) is 10.2. The third-order valence-electron chi connectivity index (χ3n) is 9.48. The molecule has 0 fully saturated rings. The summed E-state index contributed by atoms with van der Waals surface area (Å²) in [4.78, 5) is 2.39. The van der Waals surface area contributed by atoms with Crippen molar-refractivity contribution in [1.29, 1.82) is 0 Å². The third kappa shape index (κ3) is 4.71. The molecule has 0 unspecified atom stereocenters. The SMILES string of the molecule is Cc1cccc(N(c2ccc3cc4c(cc3c2)-c2cc3ccc(-c5ccc(C(C)(C)C)cc5)cc3cc2-4)c2ccccc2C)c1. The van der Waals surface area contributed by atoms with Crippen LogP contribution in [0.1, 0.15) is 37.5 Å². The Hall–Kier alpha value is -5.14. The molecular weight excluding hydrogens is 542 g/mol. The molecule has 0 heterocycles. The number of hydrogen-bond acceptors (Lipinski definition) is 1. The lowest BCUT2D eigenvalue weighted by atomic mass is 9.77. The minimum absolute atomic E-state index is 0.157. The Morgan fingerprint density at radius 2 is 1.02 bits per heavy atom. The van der Waals surface area contributed by atoms with Crippen molar-refractivity contribution >= 4 is 38.6 Å². The summed E-state index contributed by atoms with van der Waals surface area (Å²) in [6, 6.07) is 49.8. The van der Waals surface area contributed by atoms with Gasteiger partial charge in [-0.15, -0.1) is 0 Å². The molecule has 0 spiro atoms. The highest BCUT2D eigenvalue weighted by Crippen LogP contribution is 2.51. The molecule has 7 aromatic carbocycles. The number of fused-ring (bicyclic) bond motifs is 6. The quantitative estimate of drug-likeness (QED) is 0.200. The van der Waals surface area contributed by atoms with Gasteiger partial charge in [-0.3, -0.25) is 0 Å². The van der Waals surface area contributed by atoms with Crippen LogP contribution in [0.4, 0.5) is 17.1 Å². The lowest BCUT2D eigenvalue weighted by Gasteiger charge is -2.29. The first-order valence-corrected chi connectivity index (χ1v) is 15.9. The summed E-state index contributed by atoms with van der Waals surface area (Å²) < 4.78 is 0. The highest BCUT2D eigenvalue weighted by atomic mass is 15.1. The number of hydrogen-bond donors (Lipinski definition) is 0. The van der Waals surface area contributed by atoms with E-state index in [2.05, 4.69) is 173 Å². The number of aryl methyl sites for hydroxylation is 2. The Morgan fingerprint density at radius 1 is 0.444 bits per heavy atom. The van der Waals surface area contributed by atoms with E-state index in [1.54, 1.807) is 0 Å². The Bertz CT molecular complexity index is 2260. The Balaban J connectivity index is 1.18. The molecule has 0 saturated heterocycles. The molecule has 8 rings (SSSR count). The fraction of sp³-hybridized carbons (Fsp3) is 0.136. The van der Waals surface area contributed by atoms with Gasteiger partial charge in [-0.1, -0.05) is 93.6 Å². The zero-order valence-electron chi connectivity index (χ0n) is 26.6. The van der Waals surface area contributed by atoms with Crippen molar-refractivity contribution in [3.05, 3.63) is 150 Å². The maximum Gasteiger partial charge on any atom is 0.0490 e. The predicted octanol–water partition coefficient (Wildman–Crippen LogP) is 12.7. The van der Waals surface area contributed by atoms with E-state index in [9.17, 15) is 0 Å². The van der Waals surface area contributed by atoms with Crippen molar-refractivity contribution in [1.82, 2.24) is 0 Å². The zero-order valence-corrected chi connectivity index (χ0v) is 26.6. The van der Waals surface area contributed by atoms with Crippen molar-refractivity contribution in [2.24, 2.45) is 0 Å². The number of nitrogens with zero attached hydrogens (tertiary/aromatic N) is 1. The first-order chi connectivity index (χ1) is 21.7. The van der Waals surface area contributed by atoms with Crippen LogP contribution in [0, 0.1) is 13.8 Å². The van der Waals surface area contributed by atoms with Gasteiger partial charge in [0.15, 0.2) is 0 Å². The molecule has 0 atom stereocenters. The largest absolute Gasteiger partial charge is 0.310 e. The molecule has 0 radical (unpaired) electrons. The highest BCUT2D eigenvalue weighted by molar-refractivity contribution is 6.12. The van der Waals surface area contributed by atoms with E-state index in [4.69, 9.17) is 0 Å². The van der Waals surface area contributed by atoms with E-state index in [0.29, 0.717) is 0 Å². The van der Waals surface area contributed by atoms with Gasteiger partial charge in [0.05, 0.1) is 0 Å². The zero-order chi connectivity index (χ0) is 30.9. The van der Waals surface area contributed by atoms with Crippen molar-refractivity contribution in [2.75, 3.05) is 4.90 Å². The molecule has 1 aliphatic carbocycles. The van der Waals surface area contributed by atoms with E-state index in [1.807, 2.05) is 0 Å². The van der Waals surface area contributed by atoms with Gasteiger partial charge >= 0.3 is 0 Å². The normalized spacial score (nSPS) is 12.1. The van der Waals surface area contributed by atoms with Gasteiger partial charge in [-0.25, -0.2) is 0 Å². The van der Waals surface area contributed by atoms with Crippen LogP contribution in [0.25, 0.3) is 54.9 Å². The van der Waals surface area contributed by atoms with Gasteiger partial charge in [0.1, 0.15) is 0 Å². The Labute approximate surface area is 266 Å². The molecule has 0 aromatic heterocycles. The van der Waals surface area contributed by atoms with Crippen molar-refractivity contribution < 1.29 is 0 Å². The summed E-state index contributed by atoms with van der Waals surface area (Å²) in [7, 11) is 0. The maximum atomic E-state index is 2.39. The summed E-state index contributed by atoms with van der Waals surface area (Å²) in [6.45, 7) is 11.1. The average Bonchev–Trinajstić information content (AvgIpc) is 3.04. The smallest absolute Gasteiger partial charge is 0.0490 e. The van der Waals surface area contributed by atoms with Gasteiger partial charge < -0.3 is 4.90 Å². The number of para-hydroxylation sites is 1. The minimum Gasteiger partial charge on any atom is -0.310 e. The third-order valence-corrected chi connectivity index (χ3v) is 9.48. The number of benzene rings is 7. The van der Waals surface area contributed by atoms with Crippen molar-refractivity contribution in [2.45, 2.75) is 40.0 Å². The van der Waals surface area contributed by atoms with Crippen LogP contribution in [0.2, 0.25) is 0 Å². The van der Waals surface area contributed by atoms with E-state index in [1.165, 1.54) is 88.7 Å². The number of rotatable bonds is 4. The molecule has 0 N–H and O–H groups in total. The molecular formula is C44H37N. The average molecular weight is 580 g/mol. The van der Waals surface area contributed by atoms with Crippen LogP contribution in [0.5, 0.6) is 0 Å². The van der Waals surface area contributed by atoms with Crippen LogP contribution in [-0.4, -0.2) is 0 Å². The van der Waals surface area contributed by atoms with E-state index < -0.39 is 0 Å². The highest BCUT2D eigenvalue weighted by Gasteiger charge is 2.24. The van der Waals surface area contributed by atoms with Gasteiger partial charge in [0.2, 0.25) is 0 Å². The maximum absolute atomic E-state index is 2.39. The van der Waals surface area contributed by atoms with Gasteiger partial charge in [0.25, 0.3) is 0 Å².